The second-order valence-corrected chi connectivity index (χ2v) is 2.56. The van der Waals surface area contributed by atoms with E-state index in [0.29, 0.717) is 0 Å². The van der Waals surface area contributed by atoms with Crippen molar-refractivity contribution in [1.29, 1.82) is 0 Å². The first kappa shape index (κ1) is 10.5. The monoisotopic (exact) mass is 247 g/mol. The van der Waals surface area contributed by atoms with Crippen LogP contribution in [0.1, 0.15) is 5.56 Å². The van der Waals surface area contributed by atoms with Crippen molar-refractivity contribution in [3.63, 3.8) is 0 Å². The van der Waals surface area contributed by atoms with Crippen LogP contribution in [-0.2, 0) is 32.7 Å². The molecule has 3 nitrogen and oxygen atoms in total. The van der Waals surface area contributed by atoms with Gasteiger partial charge in [-0.15, -0.1) is 11.6 Å². The van der Waals surface area contributed by atoms with E-state index in [0.717, 1.165) is 11.4 Å². The van der Waals surface area contributed by atoms with Crippen molar-refractivity contribution in [3.05, 3.63) is 42.6 Å². The molecule has 0 aromatic carbocycles. The van der Waals surface area contributed by atoms with Crippen molar-refractivity contribution in [2.45, 2.75) is 6.92 Å². The number of hydrogen-bond acceptors (Lipinski definition) is 2. The van der Waals surface area contributed by atoms with Crippen LogP contribution in [0, 0.1) is 13.0 Å². The Morgan fingerprint density at radius 1 is 1.46 bits per heavy atom. The van der Waals surface area contributed by atoms with Gasteiger partial charge in [0, 0.05) is 50.9 Å². The van der Waals surface area contributed by atoms with E-state index in [1.165, 1.54) is 0 Å². The summed E-state index contributed by atoms with van der Waals surface area (Å²) in [4.78, 5) is 8.14. The molecule has 0 N–H and O–H groups in total. The summed E-state index contributed by atoms with van der Waals surface area (Å²) in [6.07, 6.45) is 7.08. The van der Waals surface area contributed by atoms with E-state index in [9.17, 15) is 0 Å². The molecular weight excluding hydrogens is 239 g/mol. The van der Waals surface area contributed by atoms with Crippen LogP contribution >= 0.6 is 0 Å². The van der Waals surface area contributed by atoms with Gasteiger partial charge in [0.05, 0.1) is 6.33 Å². The van der Waals surface area contributed by atoms with Gasteiger partial charge >= 0.3 is 0 Å². The summed E-state index contributed by atoms with van der Waals surface area (Å²) in [6, 6.07) is 4.92. The number of aromatic nitrogens is 3. The maximum absolute atomic E-state index is 4.21. The van der Waals surface area contributed by atoms with Gasteiger partial charge in [-0.2, -0.15) is 6.07 Å². The van der Waals surface area contributed by atoms with Crippen molar-refractivity contribution in [2.75, 3.05) is 0 Å². The molecule has 0 amide bonds. The average Bonchev–Trinajstić information content (AvgIpc) is 2.58. The van der Waals surface area contributed by atoms with Gasteiger partial charge in [-0.05, 0) is 0 Å². The molecule has 4 heteroatoms. The SMILES string of the molecule is Cc1[c-]cc(-n2ccnc2)nc1.[Y]. The summed E-state index contributed by atoms with van der Waals surface area (Å²) in [5.41, 5.74) is 1.04. The quantitative estimate of drug-likeness (QED) is 0.712. The third-order valence-electron chi connectivity index (χ3n) is 1.59. The van der Waals surface area contributed by atoms with Crippen LogP contribution in [0.2, 0.25) is 0 Å². The largest absolute Gasteiger partial charge is 0.367 e. The Kier molecular flexibility index (Phi) is 3.76. The molecule has 0 unspecified atom stereocenters. The number of hydrogen-bond donors (Lipinski definition) is 0. The van der Waals surface area contributed by atoms with Gasteiger partial charge in [0.2, 0.25) is 0 Å². The standard InChI is InChI=1S/C9H8N3.Y/c1-8-2-3-9(11-6-8)12-5-4-10-7-12;/h3-7H,1H3;/q-1;. The van der Waals surface area contributed by atoms with E-state index in [2.05, 4.69) is 16.0 Å². The summed E-state index contributed by atoms with van der Waals surface area (Å²) in [5.74, 6) is 0.845. The molecule has 0 spiro atoms. The second-order valence-electron chi connectivity index (χ2n) is 2.56. The first-order chi connectivity index (χ1) is 5.86. The zero-order valence-corrected chi connectivity index (χ0v) is 10.1. The van der Waals surface area contributed by atoms with Crippen molar-refractivity contribution in [3.8, 4) is 5.82 Å². The molecule has 13 heavy (non-hydrogen) atoms. The molecule has 2 aromatic heterocycles. The fourth-order valence-electron chi connectivity index (χ4n) is 0.952. The summed E-state index contributed by atoms with van der Waals surface area (Å²) >= 11 is 0. The topological polar surface area (TPSA) is 30.7 Å². The molecule has 2 aromatic rings. The number of pyridine rings is 1. The molecule has 0 fully saturated rings. The van der Waals surface area contributed by atoms with E-state index in [-0.39, 0.29) is 32.7 Å². The Bertz CT molecular complexity index is 353. The molecule has 0 atom stereocenters. The summed E-state index contributed by atoms with van der Waals surface area (Å²) in [7, 11) is 0. The van der Waals surface area contributed by atoms with Gasteiger partial charge in [0.25, 0.3) is 0 Å². The average molecular weight is 247 g/mol. The Labute approximate surface area is 102 Å². The fourth-order valence-corrected chi connectivity index (χ4v) is 0.952. The number of aryl methyl sites for hydroxylation is 1. The van der Waals surface area contributed by atoms with Gasteiger partial charge < -0.3 is 9.55 Å². The normalized spacial score (nSPS) is 9.31. The van der Waals surface area contributed by atoms with E-state index in [4.69, 9.17) is 0 Å². The fraction of sp³-hybridized carbons (Fsp3) is 0.111. The second kappa shape index (κ2) is 4.63. The first-order valence-corrected chi connectivity index (χ1v) is 3.69. The molecule has 1 radical (unpaired) electrons. The third kappa shape index (κ3) is 2.45. The number of imidazole rings is 1. The summed E-state index contributed by atoms with van der Waals surface area (Å²) in [5, 5.41) is 0. The van der Waals surface area contributed by atoms with E-state index in [1.807, 2.05) is 23.8 Å². The molecular formula is C9H8N3Y-. The Morgan fingerprint density at radius 3 is 2.85 bits per heavy atom. The molecule has 0 saturated heterocycles. The van der Waals surface area contributed by atoms with Crippen molar-refractivity contribution in [2.24, 2.45) is 0 Å². The van der Waals surface area contributed by atoms with Crippen molar-refractivity contribution >= 4 is 0 Å². The van der Waals surface area contributed by atoms with Crippen LogP contribution in [0.3, 0.4) is 0 Å². The molecule has 0 aliphatic rings. The molecule has 0 bridgehead atoms. The maximum atomic E-state index is 4.21. The van der Waals surface area contributed by atoms with E-state index >= 15 is 0 Å². The zero-order valence-electron chi connectivity index (χ0n) is 7.31. The van der Waals surface area contributed by atoms with Gasteiger partial charge in [0.15, 0.2) is 0 Å². The molecule has 63 valence electrons. The smallest absolute Gasteiger partial charge is 0.0891 e. The van der Waals surface area contributed by atoms with Crippen LogP contribution in [0.15, 0.2) is 31.0 Å². The van der Waals surface area contributed by atoms with E-state index in [1.54, 1.807) is 18.7 Å². The van der Waals surface area contributed by atoms with Gasteiger partial charge in [-0.1, -0.05) is 13.1 Å². The third-order valence-corrected chi connectivity index (χ3v) is 1.59. The minimum absolute atomic E-state index is 0. The van der Waals surface area contributed by atoms with Gasteiger partial charge in [-0.25, -0.2) is 4.98 Å². The zero-order chi connectivity index (χ0) is 8.39. The number of rotatable bonds is 1. The Hall–Kier alpha value is -0.536. The minimum Gasteiger partial charge on any atom is -0.367 e. The van der Waals surface area contributed by atoms with Crippen molar-refractivity contribution in [1.82, 2.24) is 14.5 Å². The van der Waals surface area contributed by atoms with Gasteiger partial charge in [-0.3, -0.25) is 0 Å². The van der Waals surface area contributed by atoms with Crippen LogP contribution in [0.25, 0.3) is 5.82 Å². The summed E-state index contributed by atoms with van der Waals surface area (Å²) in [6.45, 7) is 1.96. The molecule has 0 aliphatic heterocycles. The molecule has 2 heterocycles. The maximum Gasteiger partial charge on any atom is 0.0891 e. The van der Waals surface area contributed by atoms with Crippen LogP contribution in [0.4, 0.5) is 0 Å². The van der Waals surface area contributed by atoms with Crippen molar-refractivity contribution < 1.29 is 32.7 Å². The summed E-state index contributed by atoms with van der Waals surface area (Å²) < 4.78 is 1.84. The molecule has 0 aliphatic carbocycles. The minimum atomic E-state index is 0. The Balaban J connectivity index is 0.000000845. The van der Waals surface area contributed by atoms with E-state index < -0.39 is 0 Å². The predicted molar refractivity (Wildman–Crippen MR) is 44.9 cm³/mol. The number of nitrogens with zero attached hydrogens (tertiary/aromatic N) is 3. The van der Waals surface area contributed by atoms with Crippen LogP contribution < -0.4 is 0 Å². The Morgan fingerprint density at radius 2 is 2.31 bits per heavy atom. The first-order valence-electron chi connectivity index (χ1n) is 3.69. The predicted octanol–water partition coefficient (Wildman–Crippen LogP) is 1.37. The molecule has 2 rings (SSSR count). The molecule has 0 saturated carbocycles. The van der Waals surface area contributed by atoms with Crippen LogP contribution in [-0.4, -0.2) is 14.5 Å². The van der Waals surface area contributed by atoms with Crippen LogP contribution in [0.5, 0.6) is 0 Å². The van der Waals surface area contributed by atoms with Gasteiger partial charge in [0.1, 0.15) is 0 Å².